The van der Waals surface area contributed by atoms with E-state index in [1.807, 2.05) is 36.4 Å². The van der Waals surface area contributed by atoms with Crippen LogP contribution in [-0.2, 0) is 0 Å². The first-order valence-corrected chi connectivity index (χ1v) is 5.97. The summed E-state index contributed by atoms with van der Waals surface area (Å²) >= 11 is 0. The maximum atomic E-state index is 11.3. The molecule has 0 spiro atoms. The topological polar surface area (TPSA) is 97.6 Å². The van der Waals surface area contributed by atoms with Crippen LogP contribution in [0.5, 0.6) is 0 Å². The third kappa shape index (κ3) is 2.14. The summed E-state index contributed by atoms with van der Waals surface area (Å²) in [6.07, 6.45) is 3.49. The maximum Gasteiger partial charge on any atom is 0.271 e. The van der Waals surface area contributed by atoms with Crippen LogP contribution in [0.3, 0.4) is 0 Å². The highest BCUT2D eigenvalue weighted by Crippen LogP contribution is 2.25. The number of aromatic amines is 1. The van der Waals surface area contributed by atoms with E-state index in [1.54, 1.807) is 12.4 Å². The van der Waals surface area contributed by atoms with Gasteiger partial charge in [-0.05, 0) is 17.7 Å². The Morgan fingerprint density at radius 1 is 1.05 bits per heavy atom. The predicted octanol–water partition coefficient (Wildman–Crippen LogP) is 1.63. The Bertz CT molecular complexity index is 751. The first kappa shape index (κ1) is 12.0. The summed E-state index contributed by atoms with van der Waals surface area (Å²) in [5, 5.41) is 10.2. The van der Waals surface area contributed by atoms with Crippen LogP contribution in [-0.4, -0.2) is 26.3 Å². The second-order valence-electron chi connectivity index (χ2n) is 4.21. The minimum absolute atomic E-state index is 0.133. The Balaban J connectivity index is 2.08. The molecule has 1 amide bonds. The summed E-state index contributed by atoms with van der Waals surface area (Å²) < 4.78 is 0. The molecule has 0 aliphatic rings. The van der Waals surface area contributed by atoms with Crippen molar-refractivity contribution < 1.29 is 4.79 Å². The van der Waals surface area contributed by atoms with Crippen LogP contribution in [0.1, 0.15) is 10.5 Å². The van der Waals surface area contributed by atoms with Gasteiger partial charge in [0.25, 0.3) is 5.91 Å². The first-order chi connectivity index (χ1) is 9.75. The minimum Gasteiger partial charge on any atom is -0.364 e. The number of amides is 1. The SMILES string of the molecule is NC(=O)c1n[nH]nc1-c1cccc(-c2cccnc2)c1. The average Bonchev–Trinajstić information content (AvgIpc) is 2.98. The lowest BCUT2D eigenvalue weighted by Gasteiger charge is -2.03. The number of H-pyrrole nitrogens is 1. The van der Waals surface area contributed by atoms with Crippen molar-refractivity contribution in [1.29, 1.82) is 0 Å². The molecule has 6 nitrogen and oxygen atoms in total. The van der Waals surface area contributed by atoms with E-state index in [1.165, 1.54) is 0 Å². The highest BCUT2D eigenvalue weighted by Gasteiger charge is 2.15. The molecule has 0 saturated heterocycles. The molecule has 0 aliphatic heterocycles. The molecule has 2 aromatic heterocycles. The lowest BCUT2D eigenvalue weighted by molar-refractivity contribution is 0.0996. The molecule has 20 heavy (non-hydrogen) atoms. The highest BCUT2D eigenvalue weighted by molar-refractivity contribution is 5.96. The zero-order valence-corrected chi connectivity index (χ0v) is 10.4. The van der Waals surface area contributed by atoms with Crippen LogP contribution in [0.4, 0.5) is 0 Å². The van der Waals surface area contributed by atoms with Gasteiger partial charge in [-0.2, -0.15) is 15.4 Å². The molecule has 6 heteroatoms. The van der Waals surface area contributed by atoms with E-state index in [0.717, 1.165) is 16.7 Å². The molecule has 3 rings (SSSR count). The maximum absolute atomic E-state index is 11.3. The van der Waals surface area contributed by atoms with Crippen molar-refractivity contribution in [2.24, 2.45) is 5.73 Å². The van der Waals surface area contributed by atoms with Gasteiger partial charge in [0, 0.05) is 23.5 Å². The van der Waals surface area contributed by atoms with Crippen LogP contribution in [0.25, 0.3) is 22.4 Å². The molecule has 3 N–H and O–H groups in total. The molecule has 0 fully saturated rings. The van der Waals surface area contributed by atoms with Gasteiger partial charge in [-0.15, -0.1) is 0 Å². The van der Waals surface area contributed by atoms with Crippen LogP contribution < -0.4 is 5.73 Å². The van der Waals surface area contributed by atoms with Gasteiger partial charge in [0.05, 0.1) is 0 Å². The van der Waals surface area contributed by atoms with E-state index in [2.05, 4.69) is 20.4 Å². The summed E-state index contributed by atoms with van der Waals surface area (Å²) in [4.78, 5) is 15.4. The monoisotopic (exact) mass is 265 g/mol. The predicted molar refractivity (Wildman–Crippen MR) is 73.6 cm³/mol. The quantitative estimate of drug-likeness (QED) is 0.752. The molecule has 2 heterocycles. The van der Waals surface area contributed by atoms with Crippen molar-refractivity contribution in [1.82, 2.24) is 20.4 Å². The summed E-state index contributed by atoms with van der Waals surface area (Å²) in [5.41, 5.74) is 8.59. The summed E-state index contributed by atoms with van der Waals surface area (Å²) in [6, 6.07) is 11.4. The number of rotatable bonds is 3. The van der Waals surface area contributed by atoms with E-state index >= 15 is 0 Å². The van der Waals surface area contributed by atoms with E-state index < -0.39 is 5.91 Å². The second-order valence-corrected chi connectivity index (χ2v) is 4.21. The molecule has 0 bridgehead atoms. The average molecular weight is 265 g/mol. The fourth-order valence-corrected chi connectivity index (χ4v) is 1.98. The Kier molecular flexibility index (Phi) is 2.96. The smallest absolute Gasteiger partial charge is 0.271 e. The number of carbonyl (C=O) groups excluding carboxylic acids is 1. The zero-order valence-electron chi connectivity index (χ0n) is 10.4. The van der Waals surface area contributed by atoms with Crippen LogP contribution in [0.2, 0.25) is 0 Å². The first-order valence-electron chi connectivity index (χ1n) is 5.97. The zero-order chi connectivity index (χ0) is 13.9. The Morgan fingerprint density at radius 3 is 2.60 bits per heavy atom. The van der Waals surface area contributed by atoms with E-state index in [0.29, 0.717) is 5.69 Å². The van der Waals surface area contributed by atoms with Crippen molar-refractivity contribution in [3.8, 4) is 22.4 Å². The van der Waals surface area contributed by atoms with Crippen molar-refractivity contribution in [2.75, 3.05) is 0 Å². The molecule has 0 aliphatic carbocycles. The van der Waals surface area contributed by atoms with Gasteiger partial charge in [0.15, 0.2) is 5.69 Å². The normalized spacial score (nSPS) is 10.4. The van der Waals surface area contributed by atoms with E-state index in [9.17, 15) is 4.79 Å². The number of benzene rings is 1. The number of aromatic nitrogens is 4. The van der Waals surface area contributed by atoms with Gasteiger partial charge >= 0.3 is 0 Å². The number of hydrogen-bond acceptors (Lipinski definition) is 4. The molecule has 0 unspecified atom stereocenters. The second kappa shape index (κ2) is 4.93. The fraction of sp³-hybridized carbons (Fsp3) is 0. The molecule has 0 saturated carbocycles. The lowest BCUT2D eigenvalue weighted by atomic mass is 10.0. The third-order valence-electron chi connectivity index (χ3n) is 2.91. The largest absolute Gasteiger partial charge is 0.364 e. The number of nitrogens with zero attached hydrogens (tertiary/aromatic N) is 3. The van der Waals surface area contributed by atoms with E-state index in [4.69, 9.17) is 5.73 Å². The van der Waals surface area contributed by atoms with Gasteiger partial charge in [-0.1, -0.05) is 24.3 Å². The van der Waals surface area contributed by atoms with Crippen LogP contribution in [0, 0.1) is 0 Å². The third-order valence-corrected chi connectivity index (χ3v) is 2.91. The van der Waals surface area contributed by atoms with Gasteiger partial charge in [0.2, 0.25) is 0 Å². The number of nitrogens with two attached hydrogens (primary N) is 1. The van der Waals surface area contributed by atoms with Crippen molar-refractivity contribution in [3.05, 3.63) is 54.5 Å². The van der Waals surface area contributed by atoms with Crippen molar-refractivity contribution >= 4 is 5.91 Å². The number of primary amides is 1. The van der Waals surface area contributed by atoms with Crippen LogP contribution in [0.15, 0.2) is 48.8 Å². The van der Waals surface area contributed by atoms with E-state index in [-0.39, 0.29) is 5.69 Å². The summed E-state index contributed by atoms with van der Waals surface area (Å²) in [7, 11) is 0. The fourth-order valence-electron chi connectivity index (χ4n) is 1.98. The molecular weight excluding hydrogens is 254 g/mol. The molecule has 98 valence electrons. The minimum atomic E-state index is -0.611. The molecule has 1 aromatic carbocycles. The molecule has 0 radical (unpaired) electrons. The number of hydrogen-bond donors (Lipinski definition) is 2. The van der Waals surface area contributed by atoms with Crippen LogP contribution >= 0.6 is 0 Å². The molecule has 0 atom stereocenters. The Hall–Kier alpha value is -3.02. The lowest BCUT2D eigenvalue weighted by Crippen LogP contribution is -2.12. The van der Waals surface area contributed by atoms with Gasteiger partial charge in [-0.3, -0.25) is 9.78 Å². The van der Waals surface area contributed by atoms with Gasteiger partial charge in [0.1, 0.15) is 5.69 Å². The molecule has 3 aromatic rings. The number of pyridine rings is 1. The van der Waals surface area contributed by atoms with Gasteiger partial charge < -0.3 is 5.73 Å². The van der Waals surface area contributed by atoms with Crippen molar-refractivity contribution in [2.45, 2.75) is 0 Å². The number of carbonyl (C=O) groups is 1. The summed E-state index contributed by atoms with van der Waals surface area (Å²) in [5.74, 6) is -0.611. The Labute approximate surface area is 114 Å². The highest BCUT2D eigenvalue weighted by atomic mass is 16.1. The number of nitrogens with one attached hydrogen (secondary N) is 1. The van der Waals surface area contributed by atoms with Gasteiger partial charge in [-0.25, -0.2) is 0 Å². The Morgan fingerprint density at radius 2 is 1.85 bits per heavy atom. The molecular formula is C14H11N5O. The summed E-state index contributed by atoms with van der Waals surface area (Å²) in [6.45, 7) is 0. The standard InChI is InChI=1S/C14H11N5O/c15-14(20)13-12(17-19-18-13)10-4-1-3-9(7-10)11-5-2-6-16-8-11/h1-8H,(H2,15,20)(H,17,18,19). The van der Waals surface area contributed by atoms with Crippen molar-refractivity contribution in [3.63, 3.8) is 0 Å².